The van der Waals surface area contributed by atoms with Gasteiger partial charge in [-0.05, 0) is 12.5 Å². The van der Waals surface area contributed by atoms with Crippen molar-refractivity contribution in [1.82, 2.24) is 5.32 Å². The molecule has 1 heterocycles. The number of rotatable bonds is 1. The van der Waals surface area contributed by atoms with Crippen molar-refractivity contribution in [3.05, 3.63) is 23.5 Å². The second kappa shape index (κ2) is 2.58. The molecule has 0 atom stereocenters. The smallest absolute Gasteiger partial charge is 0.0543 e. The molecule has 2 heteroatoms. The van der Waals surface area contributed by atoms with E-state index in [2.05, 4.69) is 18.3 Å². The van der Waals surface area contributed by atoms with Crippen LogP contribution in [-0.2, 0) is 0 Å². The van der Waals surface area contributed by atoms with Crippen LogP contribution in [0.5, 0.6) is 0 Å². The van der Waals surface area contributed by atoms with Gasteiger partial charge in [0.1, 0.15) is 0 Å². The third-order valence-electron chi connectivity index (χ3n) is 1.29. The number of nitrogens with one attached hydrogen (secondary N) is 1. The van der Waals surface area contributed by atoms with Gasteiger partial charge in [-0.25, -0.2) is 0 Å². The molecule has 9 heavy (non-hydrogen) atoms. The molecule has 0 aliphatic carbocycles. The van der Waals surface area contributed by atoms with Crippen LogP contribution >= 0.6 is 0 Å². The highest BCUT2D eigenvalue weighted by Crippen LogP contribution is 2.00. The monoisotopic (exact) mass is 123 g/mol. The Morgan fingerprint density at radius 2 is 2.67 bits per heavy atom. The molecule has 2 nitrogen and oxygen atoms in total. The van der Waals surface area contributed by atoms with Crippen LogP contribution in [0.2, 0.25) is 0 Å². The Morgan fingerprint density at radius 1 is 1.89 bits per heavy atom. The first-order chi connectivity index (χ1) is 4.33. The second-order valence-corrected chi connectivity index (χ2v) is 2.05. The summed E-state index contributed by atoms with van der Waals surface area (Å²) in [7, 11) is 0. The molecule has 1 radical (unpaired) electrons. The predicted octanol–water partition coefficient (Wildman–Crippen LogP) is 0.529. The molecular formula is C7H11N2. The lowest BCUT2D eigenvalue weighted by molar-refractivity contribution is 0.793. The molecule has 0 aromatic rings. The highest BCUT2D eigenvalue weighted by atomic mass is 14.9. The number of hydrogen-bond acceptors (Lipinski definition) is 2. The van der Waals surface area contributed by atoms with Crippen molar-refractivity contribution in [2.24, 2.45) is 5.73 Å². The minimum atomic E-state index is 0.774. The van der Waals surface area contributed by atoms with Crippen LogP contribution < -0.4 is 11.1 Å². The molecule has 0 aromatic heterocycles. The maximum absolute atomic E-state index is 5.47. The van der Waals surface area contributed by atoms with Crippen LogP contribution in [0, 0.1) is 6.08 Å². The minimum Gasteiger partial charge on any atom is -0.401 e. The zero-order chi connectivity index (χ0) is 6.69. The van der Waals surface area contributed by atoms with Gasteiger partial charge in [0, 0.05) is 17.5 Å². The molecule has 1 aliphatic heterocycles. The van der Waals surface area contributed by atoms with Gasteiger partial charge >= 0.3 is 0 Å². The first-order valence-corrected chi connectivity index (χ1v) is 3.13. The molecule has 0 spiro atoms. The summed E-state index contributed by atoms with van der Waals surface area (Å²) in [5.41, 5.74) is 7.47. The third-order valence-corrected chi connectivity index (χ3v) is 1.29. The quantitative estimate of drug-likeness (QED) is 0.533. The average molecular weight is 123 g/mol. The summed E-state index contributed by atoms with van der Waals surface area (Å²) < 4.78 is 0. The van der Waals surface area contributed by atoms with Gasteiger partial charge in [0.25, 0.3) is 0 Å². The first kappa shape index (κ1) is 6.20. The molecule has 0 fully saturated rings. The Morgan fingerprint density at radius 3 is 3.11 bits per heavy atom. The van der Waals surface area contributed by atoms with Gasteiger partial charge in [-0.15, -0.1) is 0 Å². The molecule has 0 saturated carbocycles. The summed E-state index contributed by atoms with van der Waals surface area (Å²) in [5, 5.41) is 3.13. The fraction of sp³-hybridized carbons (Fsp3) is 0.429. The Labute approximate surface area is 55.4 Å². The van der Waals surface area contributed by atoms with Crippen LogP contribution in [0.4, 0.5) is 0 Å². The summed E-state index contributed by atoms with van der Waals surface area (Å²) >= 11 is 0. The summed E-state index contributed by atoms with van der Waals surface area (Å²) in [5.74, 6) is 0. The van der Waals surface area contributed by atoms with Crippen molar-refractivity contribution in [1.29, 1.82) is 0 Å². The van der Waals surface area contributed by atoms with Crippen LogP contribution in [-0.4, -0.2) is 6.54 Å². The van der Waals surface area contributed by atoms with Crippen LogP contribution in [0.3, 0.4) is 0 Å². The lowest BCUT2D eigenvalue weighted by Crippen LogP contribution is -2.23. The summed E-state index contributed by atoms with van der Waals surface area (Å²) in [4.78, 5) is 0. The maximum atomic E-state index is 5.47. The Bertz CT molecular complexity index is 156. The largest absolute Gasteiger partial charge is 0.401 e. The van der Waals surface area contributed by atoms with Crippen LogP contribution in [0.15, 0.2) is 17.5 Å². The minimum absolute atomic E-state index is 0.774. The van der Waals surface area contributed by atoms with Gasteiger partial charge in [-0.2, -0.15) is 0 Å². The van der Waals surface area contributed by atoms with E-state index >= 15 is 0 Å². The second-order valence-electron chi connectivity index (χ2n) is 2.05. The molecule has 1 rings (SSSR count). The van der Waals surface area contributed by atoms with Gasteiger partial charge in [0.2, 0.25) is 0 Å². The summed E-state index contributed by atoms with van der Waals surface area (Å²) in [6.45, 7) is 2.86. The van der Waals surface area contributed by atoms with Gasteiger partial charge in [-0.1, -0.05) is 6.92 Å². The van der Waals surface area contributed by atoms with E-state index in [4.69, 9.17) is 5.73 Å². The number of allylic oxidation sites excluding steroid dienone is 3. The number of hydrogen-bond donors (Lipinski definition) is 2. The topological polar surface area (TPSA) is 38.0 Å². The third kappa shape index (κ3) is 1.49. The van der Waals surface area contributed by atoms with E-state index < -0.39 is 0 Å². The fourth-order valence-corrected chi connectivity index (χ4v) is 0.718. The van der Waals surface area contributed by atoms with Gasteiger partial charge < -0.3 is 11.1 Å². The zero-order valence-electron chi connectivity index (χ0n) is 5.57. The lowest BCUT2D eigenvalue weighted by Gasteiger charge is -2.11. The maximum Gasteiger partial charge on any atom is 0.0543 e. The average Bonchev–Trinajstić information content (AvgIpc) is 1.90. The van der Waals surface area contributed by atoms with E-state index in [0.717, 1.165) is 24.4 Å². The fourth-order valence-electron chi connectivity index (χ4n) is 0.718. The Kier molecular flexibility index (Phi) is 1.78. The molecule has 3 N–H and O–H groups in total. The van der Waals surface area contributed by atoms with Crippen molar-refractivity contribution in [3.63, 3.8) is 0 Å². The Balaban J connectivity index is 2.59. The first-order valence-electron chi connectivity index (χ1n) is 3.13. The van der Waals surface area contributed by atoms with E-state index in [0.29, 0.717) is 0 Å². The van der Waals surface area contributed by atoms with Crippen molar-refractivity contribution in [2.45, 2.75) is 13.3 Å². The van der Waals surface area contributed by atoms with E-state index in [1.165, 1.54) is 0 Å². The van der Waals surface area contributed by atoms with Gasteiger partial charge in [0.05, 0.1) is 6.54 Å². The van der Waals surface area contributed by atoms with Crippen LogP contribution in [0.25, 0.3) is 0 Å². The van der Waals surface area contributed by atoms with Gasteiger partial charge in [0.15, 0.2) is 0 Å². The molecular weight excluding hydrogens is 112 g/mol. The van der Waals surface area contributed by atoms with Crippen molar-refractivity contribution in [2.75, 3.05) is 6.54 Å². The van der Waals surface area contributed by atoms with Crippen molar-refractivity contribution in [3.8, 4) is 0 Å². The number of dihydropyridines is 1. The molecule has 0 bridgehead atoms. The lowest BCUT2D eigenvalue weighted by atomic mass is 10.2. The highest BCUT2D eigenvalue weighted by Gasteiger charge is 1.98. The van der Waals surface area contributed by atoms with E-state index in [1.807, 2.05) is 6.08 Å². The molecule has 0 unspecified atom stereocenters. The normalized spacial score (nSPS) is 17.9. The highest BCUT2D eigenvalue weighted by molar-refractivity contribution is 5.16. The summed E-state index contributed by atoms with van der Waals surface area (Å²) in [6, 6.07) is 0. The zero-order valence-corrected chi connectivity index (χ0v) is 5.57. The Hall–Kier alpha value is -0.920. The van der Waals surface area contributed by atoms with Gasteiger partial charge in [-0.3, -0.25) is 0 Å². The van der Waals surface area contributed by atoms with E-state index in [1.54, 1.807) is 0 Å². The standard InChI is InChI=1S/C7H11N2/c1-2-7-4-3-6(8)5-9-7/h3,9H,2,5,8H2,1H3. The van der Waals surface area contributed by atoms with E-state index in [9.17, 15) is 0 Å². The number of nitrogens with two attached hydrogens (primary N) is 1. The molecule has 0 amide bonds. The van der Waals surface area contributed by atoms with Crippen LogP contribution in [0.1, 0.15) is 13.3 Å². The molecule has 0 aromatic carbocycles. The summed E-state index contributed by atoms with van der Waals surface area (Å²) in [6.07, 6.45) is 5.87. The molecule has 0 saturated heterocycles. The van der Waals surface area contributed by atoms with Crippen molar-refractivity contribution >= 4 is 0 Å². The van der Waals surface area contributed by atoms with Crippen molar-refractivity contribution < 1.29 is 0 Å². The predicted molar refractivity (Wildman–Crippen MR) is 37.3 cm³/mol. The SMILES string of the molecule is CCC1=[C]C=C(N)CN1. The van der Waals surface area contributed by atoms with E-state index in [-0.39, 0.29) is 0 Å². The molecule has 49 valence electrons. The molecule has 1 aliphatic rings.